The van der Waals surface area contributed by atoms with Crippen LogP contribution in [0.25, 0.3) is 4.96 Å². The summed E-state index contributed by atoms with van der Waals surface area (Å²) < 4.78 is 1.25. The van der Waals surface area contributed by atoms with Crippen LogP contribution >= 0.6 is 23.1 Å². The number of aromatic nitrogens is 3. The number of nitrogens with zero attached hydrogens (tertiary/aromatic N) is 3. The zero-order chi connectivity index (χ0) is 14.8. The van der Waals surface area contributed by atoms with E-state index >= 15 is 0 Å². The lowest BCUT2D eigenvalue weighted by Gasteiger charge is -2.02. The van der Waals surface area contributed by atoms with Gasteiger partial charge in [-0.15, -0.1) is 11.8 Å². The molecule has 1 N–H and O–H groups in total. The third-order valence-corrected chi connectivity index (χ3v) is 4.41. The second kappa shape index (κ2) is 5.66. The minimum absolute atomic E-state index is 0.212. The molecule has 0 unspecified atom stereocenters. The van der Waals surface area contributed by atoms with Crippen molar-refractivity contribution in [3.05, 3.63) is 57.5 Å². The molecule has 0 saturated carbocycles. The van der Waals surface area contributed by atoms with Gasteiger partial charge in [-0.25, -0.2) is 9.78 Å². The largest absolute Gasteiger partial charge is 0.478 e. The summed E-state index contributed by atoms with van der Waals surface area (Å²) in [7, 11) is 0. The second-order valence-electron chi connectivity index (χ2n) is 4.14. The Morgan fingerprint density at radius 2 is 2.24 bits per heavy atom. The third-order valence-electron chi connectivity index (χ3n) is 2.71. The Bertz CT molecular complexity index is 872. The molecule has 21 heavy (non-hydrogen) atoms. The Hall–Kier alpha value is -2.19. The maximum absolute atomic E-state index is 11.8. The van der Waals surface area contributed by atoms with Gasteiger partial charge in [0.2, 0.25) is 4.96 Å². The maximum atomic E-state index is 11.8. The number of thioether (sulfide) groups is 1. The molecule has 2 aromatic heterocycles. The van der Waals surface area contributed by atoms with Crippen LogP contribution in [0, 0.1) is 0 Å². The van der Waals surface area contributed by atoms with Crippen LogP contribution in [0.1, 0.15) is 16.1 Å². The quantitative estimate of drug-likeness (QED) is 0.742. The highest BCUT2D eigenvalue weighted by Gasteiger charge is 2.07. The van der Waals surface area contributed by atoms with Crippen molar-refractivity contribution in [1.29, 1.82) is 0 Å². The summed E-state index contributed by atoms with van der Waals surface area (Å²) in [4.78, 5) is 28.4. The first kappa shape index (κ1) is 13.8. The van der Waals surface area contributed by atoms with E-state index in [2.05, 4.69) is 10.1 Å². The van der Waals surface area contributed by atoms with Gasteiger partial charge in [-0.3, -0.25) is 4.79 Å². The second-order valence-corrected chi connectivity index (χ2v) is 6.00. The van der Waals surface area contributed by atoms with Crippen LogP contribution in [-0.4, -0.2) is 25.7 Å². The molecule has 0 aliphatic carbocycles. The van der Waals surface area contributed by atoms with Crippen LogP contribution < -0.4 is 5.56 Å². The lowest BCUT2D eigenvalue weighted by atomic mass is 10.2. The number of carbonyl (C=O) groups is 1. The van der Waals surface area contributed by atoms with E-state index in [1.165, 1.54) is 33.7 Å². The maximum Gasteiger partial charge on any atom is 0.335 e. The molecular formula is C13H9N3O3S2. The number of fused-ring (bicyclic) bond motifs is 1. The van der Waals surface area contributed by atoms with Gasteiger partial charge in [-0.1, -0.05) is 17.4 Å². The number of carboxylic acid groups (broad SMARTS) is 1. The number of hydrogen-bond donors (Lipinski definition) is 1. The molecule has 0 atom stereocenters. The van der Waals surface area contributed by atoms with Crippen molar-refractivity contribution < 1.29 is 9.90 Å². The van der Waals surface area contributed by atoms with Crippen molar-refractivity contribution in [1.82, 2.24) is 14.6 Å². The van der Waals surface area contributed by atoms with E-state index in [-0.39, 0.29) is 11.1 Å². The molecule has 0 aliphatic rings. The molecule has 0 amide bonds. The van der Waals surface area contributed by atoms with Gasteiger partial charge < -0.3 is 5.11 Å². The molecule has 6 nitrogen and oxygen atoms in total. The fourth-order valence-corrected chi connectivity index (χ4v) is 3.24. The summed E-state index contributed by atoms with van der Waals surface area (Å²) in [5.74, 6) is -0.466. The fraction of sp³-hybridized carbons (Fsp3) is 0.0769. The first-order valence-electron chi connectivity index (χ1n) is 5.92. The van der Waals surface area contributed by atoms with Gasteiger partial charge in [0.15, 0.2) is 0 Å². The average molecular weight is 319 g/mol. The molecule has 3 rings (SSSR count). The van der Waals surface area contributed by atoms with Crippen LogP contribution in [-0.2, 0) is 5.75 Å². The number of rotatable bonds is 4. The molecule has 3 aromatic rings. The summed E-state index contributed by atoms with van der Waals surface area (Å²) in [5.41, 5.74) is 2.24. The van der Waals surface area contributed by atoms with Crippen LogP contribution in [0.15, 0.2) is 45.5 Å². The number of carboxylic acids is 1. The molecule has 0 saturated heterocycles. The van der Waals surface area contributed by atoms with E-state index in [4.69, 9.17) is 5.11 Å². The van der Waals surface area contributed by atoms with Gasteiger partial charge in [0.05, 0.1) is 11.3 Å². The highest BCUT2D eigenvalue weighted by Crippen LogP contribution is 2.23. The van der Waals surface area contributed by atoms with Crippen LogP contribution in [0.4, 0.5) is 0 Å². The molecule has 2 heterocycles. The van der Waals surface area contributed by atoms with Gasteiger partial charge in [0.1, 0.15) is 5.51 Å². The van der Waals surface area contributed by atoms with Crippen molar-refractivity contribution >= 4 is 34.0 Å². The Morgan fingerprint density at radius 1 is 1.38 bits per heavy atom. The molecular weight excluding hydrogens is 310 g/mol. The molecule has 8 heteroatoms. The Morgan fingerprint density at radius 3 is 3.05 bits per heavy atom. The number of aromatic carboxylic acids is 1. The summed E-state index contributed by atoms with van der Waals surface area (Å²) in [6, 6.07) is 8.11. The Balaban J connectivity index is 1.81. The fourth-order valence-electron chi connectivity index (χ4n) is 1.75. The van der Waals surface area contributed by atoms with E-state index in [1.54, 1.807) is 23.7 Å². The predicted octanol–water partition coefficient (Wildman–Crippen LogP) is 2.14. The highest BCUT2D eigenvalue weighted by atomic mass is 32.2. The summed E-state index contributed by atoms with van der Waals surface area (Å²) in [6.07, 6.45) is 0. The minimum atomic E-state index is -0.958. The van der Waals surface area contributed by atoms with E-state index in [1.807, 2.05) is 6.07 Å². The molecule has 0 spiro atoms. The van der Waals surface area contributed by atoms with Gasteiger partial charge in [0.25, 0.3) is 5.56 Å². The van der Waals surface area contributed by atoms with E-state index in [0.717, 1.165) is 4.90 Å². The minimum Gasteiger partial charge on any atom is -0.478 e. The van der Waals surface area contributed by atoms with Gasteiger partial charge in [-0.05, 0) is 18.2 Å². The van der Waals surface area contributed by atoms with Crippen molar-refractivity contribution in [3.63, 3.8) is 0 Å². The Kier molecular flexibility index (Phi) is 3.72. The summed E-state index contributed by atoms with van der Waals surface area (Å²) in [5, 5.41) is 12.9. The molecule has 106 valence electrons. The van der Waals surface area contributed by atoms with E-state index < -0.39 is 5.97 Å². The molecule has 0 bridgehead atoms. The van der Waals surface area contributed by atoms with Crippen molar-refractivity contribution in [2.75, 3.05) is 0 Å². The van der Waals surface area contributed by atoms with Crippen LogP contribution in [0.3, 0.4) is 0 Å². The lowest BCUT2D eigenvalue weighted by molar-refractivity contribution is 0.0696. The van der Waals surface area contributed by atoms with Crippen molar-refractivity contribution in [2.45, 2.75) is 10.6 Å². The van der Waals surface area contributed by atoms with Gasteiger partial charge >= 0.3 is 5.97 Å². The SMILES string of the molecule is O=C(O)c1cccc(SCc2cc(=O)n3ncsc3n2)c1. The number of hydrogen-bond acceptors (Lipinski definition) is 6. The van der Waals surface area contributed by atoms with Crippen molar-refractivity contribution in [3.8, 4) is 0 Å². The van der Waals surface area contributed by atoms with Crippen LogP contribution in [0.5, 0.6) is 0 Å². The average Bonchev–Trinajstić information content (AvgIpc) is 2.94. The number of benzene rings is 1. The molecule has 0 aliphatic heterocycles. The molecule has 0 fully saturated rings. The first-order valence-corrected chi connectivity index (χ1v) is 7.78. The smallest absolute Gasteiger partial charge is 0.335 e. The lowest BCUT2D eigenvalue weighted by Crippen LogP contribution is -2.14. The zero-order valence-electron chi connectivity index (χ0n) is 10.6. The molecule has 0 radical (unpaired) electrons. The Labute approximate surface area is 127 Å². The third kappa shape index (κ3) is 2.96. The standard InChI is InChI=1S/C13H9N3O3S2/c17-11-5-9(15-13-16(11)14-7-21-13)6-20-10-3-1-2-8(4-10)12(18)19/h1-5,7H,6H2,(H,18,19). The highest BCUT2D eigenvalue weighted by molar-refractivity contribution is 7.98. The molecule has 1 aromatic carbocycles. The summed E-state index contributed by atoms with van der Waals surface area (Å²) in [6.45, 7) is 0. The zero-order valence-corrected chi connectivity index (χ0v) is 12.2. The van der Waals surface area contributed by atoms with Gasteiger partial charge in [-0.2, -0.15) is 9.61 Å². The van der Waals surface area contributed by atoms with Gasteiger partial charge in [0, 0.05) is 16.7 Å². The van der Waals surface area contributed by atoms with E-state index in [9.17, 15) is 9.59 Å². The summed E-state index contributed by atoms with van der Waals surface area (Å²) >= 11 is 2.73. The van der Waals surface area contributed by atoms with Crippen molar-refractivity contribution in [2.24, 2.45) is 0 Å². The predicted molar refractivity (Wildman–Crippen MR) is 80.1 cm³/mol. The normalized spacial score (nSPS) is 10.9. The monoisotopic (exact) mass is 319 g/mol. The first-order chi connectivity index (χ1) is 10.1. The van der Waals surface area contributed by atoms with E-state index in [0.29, 0.717) is 16.4 Å². The topological polar surface area (TPSA) is 84.6 Å². The van der Waals surface area contributed by atoms with Crippen LogP contribution in [0.2, 0.25) is 0 Å².